The summed E-state index contributed by atoms with van der Waals surface area (Å²) in [6.45, 7) is 6.55. The average molecular weight is 1260 g/mol. The first-order valence-corrected chi connectivity index (χ1v) is 27.2. The van der Waals surface area contributed by atoms with E-state index in [0.717, 1.165) is 66.8 Å². The molecule has 17 rings (SSSR count). The van der Waals surface area contributed by atoms with Crippen LogP contribution in [0, 0.1) is 18.5 Å². The van der Waals surface area contributed by atoms with E-state index in [9.17, 15) is 0 Å². The van der Waals surface area contributed by atoms with E-state index in [0.29, 0.717) is 28.2 Å². The molecule has 0 saturated carbocycles. The van der Waals surface area contributed by atoms with Crippen molar-refractivity contribution < 1.29 is 48.5 Å². The van der Waals surface area contributed by atoms with Crippen molar-refractivity contribution >= 4 is 106 Å². The number of aromatic nitrogens is 4. The van der Waals surface area contributed by atoms with Crippen LogP contribution in [0.5, 0.6) is 11.5 Å². The summed E-state index contributed by atoms with van der Waals surface area (Å²) in [7, 11) is 0. The van der Waals surface area contributed by atoms with Gasteiger partial charge in [0.1, 0.15) is 17.0 Å². The number of hydrogen-bond donors (Lipinski definition) is 0. The predicted molar refractivity (Wildman–Crippen MR) is 334 cm³/mol. The number of ether oxygens (including phenoxy) is 1. The van der Waals surface area contributed by atoms with E-state index in [-0.39, 0.29) is 61.1 Å². The van der Waals surface area contributed by atoms with Gasteiger partial charge in [0, 0.05) is 72.1 Å². The van der Waals surface area contributed by atoms with Gasteiger partial charge < -0.3 is 23.2 Å². The summed E-state index contributed by atoms with van der Waals surface area (Å²) in [4.78, 5) is 7.43. The summed E-state index contributed by atoms with van der Waals surface area (Å²) >= 11 is 0. The summed E-state index contributed by atoms with van der Waals surface area (Å²) in [5.41, 5.74) is 13.0. The molecule has 9 heteroatoms. The molecule has 83 heavy (non-hydrogen) atoms. The molecule has 0 atom stereocenters. The Balaban J connectivity index is 0.00000686. The maximum atomic E-state index is 9.13. The maximum absolute atomic E-state index is 9.13. The molecule has 2 aliphatic heterocycles. The SMILES string of the molecule is [2H]c1c([2H])c([2H])c(-c2cccc(-c3c([2H])c([2H])c([2H])c([2H])c3[2H])c2-[n+]2[c-]n(-c3[c-]c(Oc4[c-]c5c(cc4)c4cc(N6c7ccccc7B7c8c6ccc6ccc9oc%10cccc7c%10c9c86)ccc4n5-c4cc(C(C)(C)C)ccn4)ccc3)c3ccccc32)c([2H])c1[2H].[Pt]. The minimum absolute atomic E-state index is 0. The fourth-order valence-corrected chi connectivity index (χ4v) is 12.8. The van der Waals surface area contributed by atoms with Gasteiger partial charge in [0.05, 0.1) is 30.4 Å². The Morgan fingerprint density at radius 1 is 0.602 bits per heavy atom. The minimum atomic E-state index is -0.579. The second-order valence-electron chi connectivity index (χ2n) is 21.9. The molecule has 6 heterocycles. The van der Waals surface area contributed by atoms with Gasteiger partial charge in [-0.05, 0) is 121 Å². The predicted octanol–water partition coefficient (Wildman–Crippen LogP) is 15.9. The van der Waals surface area contributed by atoms with Crippen LogP contribution in [0.15, 0.2) is 241 Å². The molecule has 7 nitrogen and oxygen atoms in total. The first-order chi connectivity index (χ1) is 44.4. The molecule has 11 aromatic carbocycles. The van der Waals surface area contributed by atoms with Crippen molar-refractivity contribution in [3.05, 3.63) is 261 Å². The van der Waals surface area contributed by atoms with Crippen molar-refractivity contribution in [1.82, 2.24) is 14.1 Å². The van der Waals surface area contributed by atoms with Gasteiger partial charge in [0.2, 0.25) is 6.71 Å². The molecule has 0 radical (unpaired) electrons. The van der Waals surface area contributed by atoms with E-state index >= 15 is 0 Å². The van der Waals surface area contributed by atoms with Gasteiger partial charge in [-0.1, -0.05) is 177 Å². The number of furan rings is 1. The molecule has 4 aromatic heterocycles. The van der Waals surface area contributed by atoms with Crippen LogP contribution in [0.25, 0.3) is 105 Å². The third-order valence-electron chi connectivity index (χ3n) is 16.3. The zero-order valence-electron chi connectivity index (χ0n) is 54.7. The van der Waals surface area contributed by atoms with Crippen molar-refractivity contribution in [1.29, 1.82) is 0 Å². The van der Waals surface area contributed by atoms with Crippen LogP contribution >= 0.6 is 0 Å². The largest absolute Gasteiger partial charge is 0.510 e. The molecule has 15 aromatic rings. The number of hydrogen-bond acceptors (Lipinski definition) is 4. The van der Waals surface area contributed by atoms with E-state index in [1.54, 1.807) is 33.4 Å². The first-order valence-electron chi connectivity index (χ1n) is 32.2. The first kappa shape index (κ1) is 39.6. The number of rotatable bonds is 8. The van der Waals surface area contributed by atoms with Crippen molar-refractivity contribution in [2.75, 3.05) is 4.90 Å². The van der Waals surface area contributed by atoms with Crippen LogP contribution in [0.3, 0.4) is 0 Å². The van der Waals surface area contributed by atoms with Gasteiger partial charge in [0.25, 0.3) is 6.33 Å². The third kappa shape index (κ3) is 7.49. The van der Waals surface area contributed by atoms with Gasteiger partial charge in [-0.3, -0.25) is 4.57 Å². The number of imidazole rings is 1. The number of nitrogens with zero attached hydrogens (tertiary/aromatic N) is 5. The van der Waals surface area contributed by atoms with E-state index in [2.05, 4.69) is 152 Å². The van der Waals surface area contributed by atoms with Crippen molar-refractivity contribution in [3.8, 4) is 50.9 Å². The van der Waals surface area contributed by atoms with E-state index in [4.69, 9.17) is 27.8 Å². The fraction of sp³-hybridized carbons (Fsp3) is 0.0541. The van der Waals surface area contributed by atoms with Gasteiger partial charge in [-0.2, -0.15) is 18.2 Å². The van der Waals surface area contributed by atoms with Crippen LogP contribution < -0.4 is 30.6 Å². The third-order valence-corrected chi connectivity index (χ3v) is 16.3. The Morgan fingerprint density at radius 3 is 2.14 bits per heavy atom. The Bertz CT molecular complexity index is 5660. The molecule has 0 saturated heterocycles. The van der Waals surface area contributed by atoms with Crippen LogP contribution in [0.2, 0.25) is 0 Å². The average Bonchev–Trinajstić information content (AvgIpc) is 1.67. The number of pyridine rings is 1. The molecule has 0 unspecified atom stereocenters. The number of anilines is 3. The summed E-state index contributed by atoms with van der Waals surface area (Å²) in [5.74, 6) is 1.46. The van der Waals surface area contributed by atoms with Crippen LogP contribution in [0.4, 0.5) is 17.1 Å². The normalized spacial score (nSPS) is 14.3. The molecule has 0 spiro atoms. The molecule has 0 aliphatic carbocycles. The monoisotopic (exact) mass is 1250 g/mol. The van der Waals surface area contributed by atoms with E-state index in [1.165, 1.54) is 32.5 Å². The Labute approximate surface area is 508 Å². The molecule has 0 fully saturated rings. The molecule has 2 aliphatic rings. The topological polar surface area (TPSA) is 52.2 Å². The second kappa shape index (κ2) is 18.6. The zero-order chi connectivity index (χ0) is 63.1. The molecule has 0 bridgehead atoms. The molecular weight excluding hydrogens is 1200 g/mol. The minimum Gasteiger partial charge on any atom is -0.510 e. The van der Waals surface area contributed by atoms with Crippen molar-refractivity contribution in [2.24, 2.45) is 0 Å². The Hall–Kier alpha value is -9.75. The quantitative estimate of drug-likeness (QED) is 0.0864. The Kier molecular flexibility index (Phi) is 8.90. The smallest absolute Gasteiger partial charge is 0.268 e. The summed E-state index contributed by atoms with van der Waals surface area (Å²) in [5, 5.41) is 6.65. The summed E-state index contributed by atoms with van der Waals surface area (Å²) in [6, 6.07) is 58.1. The fourth-order valence-electron chi connectivity index (χ4n) is 12.8. The van der Waals surface area contributed by atoms with Gasteiger partial charge in [0.15, 0.2) is 0 Å². The van der Waals surface area contributed by atoms with Crippen molar-refractivity contribution in [2.45, 2.75) is 26.2 Å². The number of benzene rings is 11. The zero-order valence-corrected chi connectivity index (χ0v) is 47.0. The number of fused-ring (bicyclic) bond motifs is 7. The van der Waals surface area contributed by atoms with Gasteiger partial charge >= 0.3 is 0 Å². The van der Waals surface area contributed by atoms with Crippen molar-refractivity contribution in [3.63, 3.8) is 0 Å². The van der Waals surface area contributed by atoms with Crippen LogP contribution in [0.1, 0.15) is 40.0 Å². The summed E-state index contributed by atoms with van der Waals surface area (Å²) < 4.78 is 107. The molecule has 0 N–H and O–H groups in total. The van der Waals surface area contributed by atoms with Crippen LogP contribution in [-0.4, -0.2) is 20.8 Å². The Morgan fingerprint density at radius 2 is 1.33 bits per heavy atom. The van der Waals surface area contributed by atoms with E-state index < -0.39 is 60.4 Å². The van der Waals surface area contributed by atoms with Gasteiger partial charge in [-0.25, -0.2) is 4.98 Å². The van der Waals surface area contributed by atoms with Crippen LogP contribution in [-0.2, 0) is 26.5 Å². The standard InChI is InChI=1S/C74H48BN5O2.Pt/c1-74(2,3)49-39-40-76-68(41-49)80-60-37-33-51(79-61-27-11-10-25-58(61)75-59-26-16-30-66-70(59)71-67(82-66)38-32-48-31-36-64(79)72(75)69(48)71)43-57(60)56-35-34-53(44-65(56)80)81-52-22-14-21-50(42-52)77-45-78(63-29-13-12-28-62(63)77)73-54(46-17-6-4-7-18-46)23-15-24-55(73)47-19-8-5-9-20-47;/h4-41,43H,1-3H3;/q-2;/i4D,5D,6D,7D,8D,9D,17D,18D,19D,20D;. The summed E-state index contributed by atoms with van der Waals surface area (Å²) in [6.07, 6.45) is 5.30. The maximum Gasteiger partial charge on any atom is 0.268 e. The number of para-hydroxylation sites is 4. The van der Waals surface area contributed by atoms with E-state index in [1.807, 2.05) is 48.7 Å². The molecule has 0 amide bonds. The molecular formula is C74H48BN5O2Pt-2. The molecule has 396 valence electrons. The second-order valence-corrected chi connectivity index (χ2v) is 21.9. The van der Waals surface area contributed by atoms with Gasteiger partial charge in [-0.15, -0.1) is 29.7 Å².